The number of fused-ring (bicyclic) bond motifs is 1. The van der Waals surface area contributed by atoms with E-state index in [0.29, 0.717) is 19.0 Å². The molecular weight excluding hydrogens is 268 g/mol. The Bertz CT molecular complexity index is 653. The fraction of sp³-hybridized carbons (Fsp3) is 0.375. The lowest BCUT2D eigenvalue weighted by molar-refractivity contribution is 0.000605. The van der Waals surface area contributed by atoms with Crippen molar-refractivity contribution in [2.45, 2.75) is 26.4 Å². The number of pyridine rings is 1. The number of para-hydroxylation sites is 1. The summed E-state index contributed by atoms with van der Waals surface area (Å²) in [7, 11) is 0. The summed E-state index contributed by atoms with van der Waals surface area (Å²) in [5.74, 6) is -0.626. The van der Waals surface area contributed by atoms with Gasteiger partial charge in [0, 0.05) is 18.5 Å². The molecule has 0 aliphatic carbocycles. The number of benzene rings is 1. The number of nitrogens with zero attached hydrogens (tertiary/aromatic N) is 1. The predicted molar refractivity (Wildman–Crippen MR) is 82.9 cm³/mol. The third kappa shape index (κ3) is 3.70. The summed E-state index contributed by atoms with van der Waals surface area (Å²) >= 11 is 0. The second-order valence-corrected chi connectivity index (χ2v) is 5.43. The Morgan fingerprint density at radius 1 is 1.38 bits per heavy atom. The molecule has 0 fully saturated rings. The van der Waals surface area contributed by atoms with Crippen molar-refractivity contribution < 1.29 is 14.6 Å². The molecule has 5 heteroatoms. The van der Waals surface area contributed by atoms with Crippen LogP contribution in [0.15, 0.2) is 30.3 Å². The Kier molecular flexibility index (Phi) is 4.43. The van der Waals surface area contributed by atoms with Crippen LogP contribution in [-0.2, 0) is 4.74 Å². The number of ether oxygens (including phenoxy) is 1. The van der Waals surface area contributed by atoms with Crippen LogP contribution in [0.3, 0.4) is 0 Å². The summed E-state index contributed by atoms with van der Waals surface area (Å²) in [6, 6.07) is 9.09. The van der Waals surface area contributed by atoms with Crippen molar-refractivity contribution in [1.82, 2.24) is 4.98 Å². The largest absolute Gasteiger partial charge is 0.478 e. The number of aromatic nitrogens is 1. The van der Waals surface area contributed by atoms with Crippen LogP contribution in [0.1, 0.15) is 31.1 Å². The molecule has 2 N–H and O–H groups in total. The van der Waals surface area contributed by atoms with Gasteiger partial charge in [-0.3, -0.25) is 0 Å². The van der Waals surface area contributed by atoms with E-state index in [4.69, 9.17) is 4.74 Å². The van der Waals surface area contributed by atoms with Gasteiger partial charge >= 0.3 is 5.97 Å². The molecule has 0 amide bonds. The summed E-state index contributed by atoms with van der Waals surface area (Å²) in [6.07, 6.45) is 0. The highest BCUT2D eigenvalue weighted by Gasteiger charge is 2.20. The zero-order valence-electron chi connectivity index (χ0n) is 12.5. The molecule has 1 aromatic carbocycles. The summed E-state index contributed by atoms with van der Waals surface area (Å²) in [6.45, 7) is 6.91. The molecule has 21 heavy (non-hydrogen) atoms. The SMILES string of the molecule is CCOC(C)(C)CNc1nc2ccccc2cc1C(=O)O. The molecule has 0 radical (unpaired) electrons. The van der Waals surface area contributed by atoms with Crippen molar-refractivity contribution >= 4 is 22.7 Å². The molecule has 0 bridgehead atoms. The molecular formula is C16H20N2O3. The predicted octanol–water partition coefficient (Wildman–Crippen LogP) is 3.16. The van der Waals surface area contributed by atoms with Crippen LogP contribution in [0, 0.1) is 0 Å². The van der Waals surface area contributed by atoms with Gasteiger partial charge in [0.15, 0.2) is 0 Å². The van der Waals surface area contributed by atoms with Crippen LogP contribution in [0.2, 0.25) is 0 Å². The first-order valence-electron chi connectivity index (χ1n) is 6.94. The van der Waals surface area contributed by atoms with E-state index >= 15 is 0 Å². The number of carbonyl (C=O) groups is 1. The smallest absolute Gasteiger partial charge is 0.339 e. The fourth-order valence-corrected chi connectivity index (χ4v) is 2.15. The van der Waals surface area contributed by atoms with Gasteiger partial charge in [0.25, 0.3) is 0 Å². The molecule has 112 valence electrons. The van der Waals surface area contributed by atoms with Gasteiger partial charge in [-0.15, -0.1) is 0 Å². The molecule has 0 saturated heterocycles. The number of carboxylic acids is 1. The number of anilines is 1. The Morgan fingerprint density at radius 2 is 2.10 bits per heavy atom. The van der Waals surface area contributed by atoms with Gasteiger partial charge in [0.2, 0.25) is 0 Å². The highest BCUT2D eigenvalue weighted by Crippen LogP contribution is 2.21. The minimum Gasteiger partial charge on any atom is -0.478 e. The quantitative estimate of drug-likeness (QED) is 0.854. The van der Waals surface area contributed by atoms with E-state index < -0.39 is 11.6 Å². The van der Waals surface area contributed by atoms with E-state index in [2.05, 4.69) is 10.3 Å². The number of hydrogen-bond acceptors (Lipinski definition) is 4. The number of carboxylic acid groups (broad SMARTS) is 1. The zero-order chi connectivity index (χ0) is 15.5. The Morgan fingerprint density at radius 3 is 2.76 bits per heavy atom. The van der Waals surface area contributed by atoms with Crippen LogP contribution in [-0.4, -0.2) is 34.8 Å². The van der Waals surface area contributed by atoms with Crippen LogP contribution >= 0.6 is 0 Å². The lowest BCUT2D eigenvalue weighted by Gasteiger charge is -2.25. The normalized spacial score (nSPS) is 11.6. The number of aromatic carboxylic acids is 1. The maximum Gasteiger partial charge on any atom is 0.339 e. The van der Waals surface area contributed by atoms with Crippen molar-refractivity contribution in [1.29, 1.82) is 0 Å². The number of rotatable bonds is 6. The molecule has 0 aliphatic rings. The molecule has 0 aliphatic heterocycles. The van der Waals surface area contributed by atoms with Gasteiger partial charge in [-0.1, -0.05) is 18.2 Å². The molecule has 0 spiro atoms. The van der Waals surface area contributed by atoms with E-state index in [-0.39, 0.29) is 5.56 Å². The summed E-state index contributed by atoms with van der Waals surface area (Å²) in [5, 5.41) is 13.3. The van der Waals surface area contributed by atoms with Crippen LogP contribution < -0.4 is 5.32 Å². The lowest BCUT2D eigenvalue weighted by Crippen LogP contribution is -2.34. The van der Waals surface area contributed by atoms with Crippen LogP contribution in [0.4, 0.5) is 5.82 Å². The van der Waals surface area contributed by atoms with Gasteiger partial charge in [-0.2, -0.15) is 0 Å². The highest BCUT2D eigenvalue weighted by molar-refractivity contribution is 5.98. The highest BCUT2D eigenvalue weighted by atomic mass is 16.5. The molecule has 0 atom stereocenters. The van der Waals surface area contributed by atoms with Gasteiger partial charge in [0.05, 0.1) is 11.1 Å². The Labute approximate surface area is 124 Å². The van der Waals surface area contributed by atoms with Crippen LogP contribution in [0.5, 0.6) is 0 Å². The molecule has 2 aromatic rings. The summed E-state index contributed by atoms with van der Waals surface area (Å²) < 4.78 is 5.60. The molecule has 1 aromatic heterocycles. The second-order valence-electron chi connectivity index (χ2n) is 5.43. The van der Waals surface area contributed by atoms with E-state index in [0.717, 1.165) is 10.9 Å². The van der Waals surface area contributed by atoms with Gasteiger partial charge in [-0.25, -0.2) is 9.78 Å². The third-order valence-electron chi connectivity index (χ3n) is 3.17. The van der Waals surface area contributed by atoms with Crippen molar-refractivity contribution in [3.63, 3.8) is 0 Å². The first-order valence-corrected chi connectivity index (χ1v) is 6.94. The third-order valence-corrected chi connectivity index (χ3v) is 3.17. The van der Waals surface area contributed by atoms with Crippen molar-refractivity contribution in [2.24, 2.45) is 0 Å². The molecule has 0 saturated carbocycles. The fourth-order valence-electron chi connectivity index (χ4n) is 2.15. The van der Waals surface area contributed by atoms with Crippen molar-refractivity contribution in [3.8, 4) is 0 Å². The van der Waals surface area contributed by atoms with Crippen molar-refractivity contribution in [2.75, 3.05) is 18.5 Å². The van der Waals surface area contributed by atoms with E-state index in [9.17, 15) is 9.90 Å². The lowest BCUT2D eigenvalue weighted by atomic mass is 10.1. The Balaban J connectivity index is 2.33. The average molecular weight is 288 g/mol. The monoisotopic (exact) mass is 288 g/mol. The zero-order valence-corrected chi connectivity index (χ0v) is 12.5. The summed E-state index contributed by atoms with van der Waals surface area (Å²) in [4.78, 5) is 15.8. The van der Waals surface area contributed by atoms with Gasteiger partial charge in [-0.05, 0) is 32.9 Å². The van der Waals surface area contributed by atoms with Gasteiger partial charge < -0.3 is 15.2 Å². The maximum atomic E-state index is 11.4. The average Bonchev–Trinajstić information content (AvgIpc) is 2.44. The molecule has 0 unspecified atom stereocenters. The maximum absolute atomic E-state index is 11.4. The molecule has 5 nitrogen and oxygen atoms in total. The molecule has 1 heterocycles. The second kappa shape index (κ2) is 6.10. The van der Waals surface area contributed by atoms with Crippen LogP contribution in [0.25, 0.3) is 10.9 Å². The first kappa shape index (κ1) is 15.3. The standard InChI is InChI=1S/C16H20N2O3/c1-4-21-16(2,3)10-17-14-12(15(19)20)9-11-7-5-6-8-13(11)18-14/h5-9H,4,10H2,1-3H3,(H,17,18)(H,19,20). The van der Waals surface area contributed by atoms with Crippen molar-refractivity contribution in [3.05, 3.63) is 35.9 Å². The summed E-state index contributed by atoms with van der Waals surface area (Å²) in [5.41, 5.74) is 0.540. The molecule has 2 rings (SSSR count). The Hall–Kier alpha value is -2.14. The number of hydrogen-bond donors (Lipinski definition) is 2. The first-order chi connectivity index (χ1) is 9.93. The van der Waals surface area contributed by atoms with Gasteiger partial charge in [0.1, 0.15) is 11.4 Å². The number of nitrogens with one attached hydrogen (secondary N) is 1. The minimum atomic E-state index is -0.995. The topological polar surface area (TPSA) is 71.5 Å². The van der Waals surface area contributed by atoms with E-state index in [1.165, 1.54) is 0 Å². The van der Waals surface area contributed by atoms with E-state index in [1.807, 2.05) is 45.0 Å². The minimum absolute atomic E-state index is 0.168. The van der Waals surface area contributed by atoms with E-state index in [1.54, 1.807) is 6.07 Å².